The normalized spacial score (nSPS) is 11.0. The van der Waals surface area contributed by atoms with Crippen molar-refractivity contribution < 1.29 is 45.5 Å². The third-order valence-electron chi connectivity index (χ3n) is 6.14. The Labute approximate surface area is 274 Å². The van der Waals surface area contributed by atoms with Gasteiger partial charge in [0.15, 0.2) is 29.1 Å². The van der Waals surface area contributed by atoms with E-state index >= 15 is 0 Å². The van der Waals surface area contributed by atoms with Crippen LogP contribution in [0.5, 0.6) is 0 Å². The molecule has 230 valence electrons. The Morgan fingerprint density at radius 2 is 1.34 bits per heavy atom. The minimum atomic E-state index is -1.42. The van der Waals surface area contributed by atoms with E-state index in [2.05, 4.69) is 5.32 Å². The van der Waals surface area contributed by atoms with Crippen LogP contribution in [-0.4, -0.2) is 31.5 Å². The number of hydrogen-bond acceptors (Lipinski definition) is 5. The van der Waals surface area contributed by atoms with E-state index in [1.807, 2.05) is 50.7 Å². The molecule has 6 nitrogen and oxygen atoms in total. The molecule has 0 aliphatic rings. The van der Waals surface area contributed by atoms with E-state index in [1.54, 1.807) is 6.07 Å². The summed E-state index contributed by atoms with van der Waals surface area (Å²) < 4.78 is 92.1. The molecule has 4 aromatic carbocycles. The van der Waals surface area contributed by atoms with Crippen molar-refractivity contribution in [1.29, 1.82) is 0 Å². The number of anilines is 2. The Morgan fingerprint density at radius 1 is 0.705 bits per heavy atom. The number of hydroxylamine groups is 1. The van der Waals surface area contributed by atoms with E-state index in [0.29, 0.717) is 13.2 Å². The smallest absolute Gasteiger partial charge is 0.277 e. The predicted molar refractivity (Wildman–Crippen MR) is 166 cm³/mol. The van der Waals surface area contributed by atoms with Gasteiger partial charge >= 0.3 is 0 Å². The summed E-state index contributed by atoms with van der Waals surface area (Å²) >= 11 is 3.77. The van der Waals surface area contributed by atoms with Crippen LogP contribution < -0.4 is 10.8 Å². The first kappa shape index (κ1) is 33.7. The molecule has 0 spiro atoms. The number of benzene rings is 4. The maximum Gasteiger partial charge on any atom is 0.277 e. The van der Waals surface area contributed by atoms with Crippen LogP contribution >= 0.6 is 45.2 Å². The van der Waals surface area contributed by atoms with Gasteiger partial charge in [-0.25, -0.2) is 31.8 Å². The molecule has 0 radical (unpaired) electrons. The van der Waals surface area contributed by atoms with Crippen molar-refractivity contribution >= 4 is 68.2 Å². The summed E-state index contributed by atoms with van der Waals surface area (Å²) in [6.07, 6.45) is -0.375. The van der Waals surface area contributed by atoms with Crippen molar-refractivity contribution in [2.45, 2.75) is 6.42 Å². The average Bonchev–Trinajstić information content (AvgIpc) is 2.98. The highest BCUT2D eigenvalue weighted by molar-refractivity contribution is 14.1. The Bertz CT molecular complexity index is 1600. The summed E-state index contributed by atoms with van der Waals surface area (Å²) in [5, 5.41) is 2.39. The zero-order chi connectivity index (χ0) is 32.0. The number of Topliss-reactive ketones (excluding diaryl/α,β-unsaturated/α-hetero) is 1. The molecule has 0 bridgehead atoms. The zero-order valence-electron chi connectivity index (χ0n) is 22.3. The fraction of sp³-hybridized carbons (Fsp3) is 0.133. The van der Waals surface area contributed by atoms with Crippen LogP contribution in [0.2, 0.25) is 0 Å². The SMILES string of the molecule is O=C(COCCONC(=O)c1ccc(F)c(F)c1Nc1ccc(I)cc1F)c1ccc(F)c(F)c1Cc1ccc(I)cc1F. The largest absolute Gasteiger partial charge is 0.371 e. The number of carbonyl (C=O) groups is 2. The lowest BCUT2D eigenvalue weighted by Crippen LogP contribution is -2.27. The highest BCUT2D eigenvalue weighted by Gasteiger charge is 2.22. The topological polar surface area (TPSA) is 76.7 Å². The van der Waals surface area contributed by atoms with E-state index in [0.717, 1.165) is 24.3 Å². The number of carbonyl (C=O) groups excluding carboxylic acids is 2. The summed E-state index contributed by atoms with van der Waals surface area (Å²) in [5.41, 5.74) is 0.343. The molecule has 44 heavy (non-hydrogen) atoms. The molecule has 2 N–H and O–H groups in total. The minimum absolute atomic E-state index is 0.0668. The number of rotatable bonds is 12. The molecule has 0 aromatic heterocycles. The second-order valence-electron chi connectivity index (χ2n) is 9.09. The molecule has 0 fully saturated rings. The van der Waals surface area contributed by atoms with E-state index in [4.69, 9.17) is 9.57 Å². The van der Waals surface area contributed by atoms with Gasteiger partial charge in [0.1, 0.15) is 18.2 Å². The third-order valence-corrected chi connectivity index (χ3v) is 7.48. The van der Waals surface area contributed by atoms with Gasteiger partial charge in [0, 0.05) is 24.7 Å². The van der Waals surface area contributed by atoms with Crippen LogP contribution in [0.25, 0.3) is 0 Å². The van der Waals surface area contributed by atoms with Gasteiger partial charge in [-0.3, -0.25) is 14.4 Å². The minimum Gasteiger partial charge on any atom is -0.371 e. The molecular weight excluding hydrogens is 820 g/mol. The second-order valence-corrected chi connectivity index (χ2v) is 11.6. The Hall–Kier alpha value is -3.22. The predicted octanol–water partition coefficient (Wildman–Crippen LogP) is 7.63. The molecule has 0 unspecified atom stereocenters. The van der Waals surface area contributed by atoms with Gasteiger partial charge in [-0.05, 0) is 105 Å². The van der Waals surface area contributed by atoms with Crippen LogP contribution in [0, 0.1) is 42.0 Å². The molecule has 0 atom stereocenters. The van der Waals surface area contributed by atoms with Crippen LogP contribution in [0.3, 0.4) is 0 Å². The van der Waals surface area contributed by atoms with Crippen molar-refractivity contribution in [2.75, 3.05) is 25.1 Å². The number of ketones is 1. The quantitative estimate of drug-likeness (QED) is 0.0505. The lowest BCUT2D eigenvalue weighted by Gasteiger charge is -2.14. The molecule has 0 aliphatic heterocycles. The van der Waals surface area contributed by atoms with Crippen molar-refractivity contribution in [2.24, 2.45) is 0 Å². The Kier molecular flexibility index (Phi) is 11.6. The standard InChI is InChI=1S/C30H20F6I2N2O4/c31-21-6-4-18(20(27(21)35)11-15-1-2-16(37)12-23(15)33)26(41)14-43-9-10-44-40-30(42)19-5-7-22(32)28(36)29(19)39-25-8-3-17(38)13-24(25)34/h1-8,12-13,39H,9-11,14H2,(H,40,42). The molecular formula is C30H20F6I2N2O4. The van der Waals surface area contributed by atoms with E-state index < -0.39 is 64.5 Å². The molecule has 14 heteroatoms. The number of ether oxygens (including phenoxy) is 1. The summed E-state index contributed by atoms with van der Waals surface area (Å²) in [6, 6.07) is 11.8. The van der Waals surface area contributed by atoms with Crippen LogP contribution in [0.15, 0.2) is 60.7 Å². The first-order valence-corrected chi connectivity index (χ1v) is 14.8. The third kappa shape index (κ3) is 8.28. The highest BCUT2D eigenvalue weighted by atomic mass is 127. The Balaban J connectivity index is 1.33. The van der Waals surface area contributed by atoms with Gasteiger partial charge in [0.05, 0.1) is 30.2 Å². The number of nitrogens with one attached hydrogen (secondary N) is 2. The van der Waals surface area contributed by atoms with Crippen LogP contribution in [0.4, 0.5) is 37.7 Å². The second kappa shape index (κ2) is 15.2. The summed E-state index contributed by atoms with van der Waals surface area (Å²) in [7, 11) is 0. The van der Waals surface area contributed by atoms with Gasteiger partial charge in [-0.1, -0.05) is 6.07 Å². The van der Waals surface area contributed by atoms with Gasteiger partial charge in [0.25, 0.3) is 5.91 Å². The summed E-state index contributed by atoms with van der Waals surface area (Å²) in [6.45, 7) is -1.15. The van der Waals surface area contributed by atoms with E-state index in [9.17, 15) is 35.9 Å². The first-order valence-electron chi connectivity index (χ1n) is 12.6. The highest BCUT2D eigenvalue weighted by Crippen LogP contribution is 2.29. The fourth-order valence-electron chi connectivity index (χ4n) is 3.98. The molecule has 0 saturated carbocycles. The molecule has 0 saturated heterocycles. The van der Waals surface area contributed by atoms with Gasteiger partial charge in [0.2, 0.25) is 0 Å². The zero-order valence-corrected chi connectivity index (χ0v) is 26.6. The molecule has 4 aromatic rings. The van der Waals surface area contributed by atoms with Crippen molar-refractivity contribution in [3.63, 3.8) is 0 Å². The molecule has 1 amide bonds. The fourth-order valence-corrected chi connectivity index (χ4v) is 4.89. The van der Waals surface area contributed by atoms with Crippen molar-refractivity contribution in [3.8, 4) is 0 Å². The van der Waals surface area contributed by atoms with Gasteiger partial charge in [-0.2, -0.15) is 0 Å². The number of hydrogen-bond donors (Lipinski definition) is 2. The maximum atomic E-state index is 14.6. The van der Waals surface area contributed by atoms with Crippen molar-refractivity contribution in [1.82, 2.24) is 5.48 Å². The van der Waals surface area contributed by atoms with E-state index in [-0.39, 0.29) is 42.0 Å². The average molecular weight is 840 g/mol. The lowest BCUT2D eigenvalue weighted by molar-refractivity contribution is 0.00114. The summed E-state index contributed by atoms with van der Waals surface area (Å²) in [4.78, 5) is 30.4. The molecule has 0 heterocycles. The number of amides is 1. The Morgan fingerprint density at radius 3 is 2.02 bits per heavy atom. The molecule has 4 rings (SSSR count). The van der Waals surface area contributed by atoms with Crippen molar-refractivity contribution in [3.05, 3.63) is 125 Å². The number of halogens is 8. The molecule has 0 aliphatic carbocycles. The maximum absolute atomic E-state index is 14.6. The van der Waals surface area contributed by atoms with Gasteiger partial charge in [-0.15, -0.1) is 0 Å². The van der Waals surface area contributed by atoms with E-state index in [1.165, 1.54) is 24.3 Å². The lowest BCUT2D eigenvalue weighted by atomic mass is 9.96. The first-order chi connectivity index (χ1) is 21.0. The van der Waals surface area contributed by atoms with Crippen LogP contribution in [0.1, 0.15) is 31.8 Å². The monoisotopic (exact) mass is 840 g/mol. The summed E-state index contributed by atoms with van der Waals surface area (Å²) in [5.74, 6) is -8.28. The van der Waals surface area contributed by atoms with Gasteiger partial charge < -0.3 is 10.1 Å². The van der Waals surface area contributed by atoms with Crippen LogP contribution in [-0.2, 0) is 16.0 Å².